The third-order valence-electron chi connectivity index (χ3n) is 5.30. The predicted octanol–water partition coefficient (Wildman–Crippen LogP) is 4.15. The van der Waals surface area contributed by atoms with E-state index in [0.29, 0.717) is 22.8 Å². The fourth-order valence-corrected chi connectivity index (χ4v) is 3.75. The maximum atomic E-state index is 6.26. The van der Waals surface area contributed by atoms with Gasteiger partial charge in [-0.3, -0.25) is 0 Å². The van der Waals surface area contributed by atoms with Crippen molar-refractivity contribution in [1.82, 2.24) is 5.32 Å². The molecule has 1 N–H and O–H groups in total. The molecule has 1 unspecified atom stereocenters. The van der Waals surface area contributed by atoms with E-state index in [1.54, 1.807) is 0 Å². The van der Waals surface area contributed by atoms with Crippen LogP contribution in [0.5, 0.6) is 0 Å². The first-order chi connectivity index (χ1) is 8.32. The van der Waals surface area contributed by atoms with E-state index >= 15 is 0 Å². The van der Waals surface area contributed by atoms with Crippen LogP contribution in [-0.2, 0) is 6.42 Å². The molecule has 0 saturated heterocycles. The molecule has 1 aromatic rings. The standard InChI is InChI=1S/C16H24ClN/c1-15(2)14(16(15,3)4)13(18-5)10-11-8-6-7-9-12(11)17/h6-9,13-14,18H,10H2,1-5H3. The summed E-state index contributed by atoms with van der Waals surface area (Å²) in [6.45, 7) is 9.48. The SMILES string of the molecule is CNC(Cc1ccccc1Cl)C1C(C)(C)C1(C)C. The Morgan fingerprint density at radius 3 is 2.17 bits per heavy atom. The minimum atomic E-state index is 0.405. The third-order valence-corrected chi connectivity index (χ3v) is 5.67. The van der Waals surface area contributed by atoms with E-state index in [0.717, 1.165) is 11.4 Å². The molecule has 0 amide bonds. The zero-order valence-electron chi connectivity index (χ0n) is 12.0. The van der Waals surface area contributed by atoms with Gasteiger partial charge in [-0.25, -0.2) is 0 Å². The fourth-order valence-electron chi connectivity index (χ4n) is 3.54. The van der Waals surface area contributed by atoms with Crippen molar-refractivity contribution in [2.45, 2.75) is 40.2 Å². The Kier molecular flexibility index (Phi) is 3.50. The van der Waals surface area contributed by atoms with Crippen LogP contribution in [0, 0.1) is 16.7 Å². The number of hydrogen-bond donors (Lipinski definition) is 1. The molecule has 1 saturated carbocycles. The Labute approximate surface area is 116 Å². The van der Waals surface area contributed by atoms with Crippen LogP contribution in [0.4, 0.5) is 0 Å². The summed E-state index contributed by atoms with van der Waals surface area (Å²) in [6, 6.07) is 8.67. The number of hydrogen-bond acceptors (Lipinski definition) is 1. The van der Waals surface area contributed by atoms with E-state index in [2.05, 4.69) is 52.2 Å². The number of halogens is 1. The van der Waals surface area contributed by atoms with Crippen molar-refractivity contribution in [3.8, 4) is 0 Å². The van der Waals surface area contributed by atoms with Gasteiger partial charge in [-0.15, -0.1) is 0 Å². The first-order valence-electron chi connectivity index (χ1n) is 6.73. The molecule has 100 valence electrons. The normalized spacial score (nSPS) is 22.8. The quantitative estimate of drug-likeness (QED) is 0.862. The van der Waals surface area contributed by atoms with Gasteiger partial charge in [0.05, 0.1) is 0 Å². The summed E-state index contributed by atoms with van der Waals surface area (Å²) in [6.07, 6.45) is 1.01. The minimum Gasteiger partial charge on any atom is -0.316 e. The Bertz CT molecular complexity index is 422. The van der Waals surface area contributed by atoms with Crippen molar-refractivity contribution in [3.63, 3.8) is 0 Å². The van der Waals surface area contributed by atoms with Crippen molar-refractivity contribution < 1.29 is 0 Å². The van der Waals surface area contributed by atoms with Crippen LogP contribution in [0.1, 0.15) is 33.3 Å². The van der Waals surface area contributed by atoms with Crippen molar-refractivity contribution in [1.29, 1.82) is 0 Å². The molecule has 1 fully saturated rings. The van der Waals surface area contributed by atoms with E-state index < -0.39 is 0 Å². The van der Waals surface area contributed by atoms with Gasteiger partial charge < -0.3 is 5.32 Å². The highest BCUT2D eigenvalue weighted by molar-refractivity contribution is 6.31. The highest BCUT2D eigenvalue weighted by Crippen LogP contribution is 2.69. The second-order valence-electron chi connectivity index (χ2n) is 6.61. The number of rotatable bonds is 4. The summed E-state index contributed by atoms with van der Waals surface area (Å²) >= 11 is 6.26. The lowest BCUT2D eigenvalue weighted by atomic mass is 9.97. The van der Waals surface area contributed by atoms with Crippen LogP contribution in [0.25, 0.3) is 0 Å². The molecule has 1 aromatic carbocycles. The average molecular weight is 266 g/mol. The zero-order valence-corrected chi connectivity index (χ0v) is 12.8. The smallest absolute Gasteiger partial charge is 0.0438 e. The molecule has 2 heteroatoms. The average Bonchev–Trinajstić information content (AvgIpc) is 2.70. The van der Waals surface area contributed by atoms with Crippen LogP contribution in [0.2, 0.25) is 5.02 Å². The molecule has 0 radical (unpaired) electrons. The highest BCUT2D eigenvalue weighted by atomic mass is 35.5. The lowest BCUT2D eigenvalue weighted by molar-refractivity contribution is 0.421. The number of benzene rings is 1. The number of likely N-dealkylation sites (N-methyl/N-ethyl adjacent to an activating group) is 1. The largest absolute Gasteiger partial charge is 0.316 e. The van der Waals surface area contributed by atoms with Gasteiger partial charge in [0.2, 0.25) is 0 Å². The van der Waals surface area contributed by atoms with Crippen LogP contribution in [0.15, 0.2) is 24.3 Å². The van der Waals surface area contributed by atoms with Gasteiger partial charge in [0.15, 0.2) is 0 Å². The first kappa shape index (κ1) is 13.9. The molecular formula is C16H24ClN. The molecule has 0 heterocycles. The monoisotopic (exact) mass is 265 g/mol. The number of nitrogens with one attached hydrogen (secondary N) is 1. The highest BCUT2D eigenvalue weighted by Gasteiger charge is 2.66. The van der Waals surface area contributed by atoms with Gasteiger partial charge in [-0.1, -0.05) is 57.5 Å². The first-order valence-corrected chi connectivity index (χ1v) is 7.11. The van der Waals surface area contributed by atoms with E-state index in [-0.39, 0.29) is 0 Å². The molecule has 1 aliphatic rings. The Balaban J connectivity index is 2.16. The maximum absolute atomic E-state index is 6.26. The van der Waals surface area contributed by atoms with E-state index in [1.807, 2.05) is 12.1 Å². The molecule has 0 spiro atoms. The van der Waals surface area contributed by atoms with E-state index in [9.17, 15) is 0 Å². The predicted molar refractivity (Wildman–Crippen MR) is 79.1 cm³/mol. The lowest BCUT2D eigenvalue weighted by Crippen LogP contribution is -2.32. The Morgan fingerprint density at radius 1 is 1.17 bits per heavy atom. The van der Waals surface area contributed by atoms with Crippen molar-refractivity contribution in [2.75, 3.05) is 7.05 Å². The van der Waals surface area contributed by atoms with Gasteiger partial charge in [0.25, 0.3) is 0 Å². The van der Waals surface area contributed by atoms with Gasteiger partial charge in [-0.05, 0) is 41.8 Å². The van der Waals surface area contributed by atoms with Crippen LogP contribution < -0.4 is 5.32 Å². The summed E-state index contributed by atoms with van der Waals surface area (Å²) in [4.78, 5) is 0. The molecule has 0 aromatic heterocycles. The summed E-state index contributed by atoms with van der Waals surface area (Å²) in [5, 5.41) is 4.38. The van der Waals surface area contributed by atoms with Crippen molar-refractivity contribution in [2.24, 2.45) is 16.7 Å². The summed E-state index contributed by atoms with van der Waals surface area (Å²) in [5.74, 6) is 0.700. The van der Waals surface area contributed by atoms with Gasteiger partial charge in [0.1, 0.15) is 0 Å². The summed E-state index contributed by atoms with van der Waals surface area (Å²) in [7, 11) is 2.06. The van der Waals surface area contributed by atoms with Gasteiger partial charge in [-0.2, -0.15) is 0 Å². The van der Waals surface area contributed by atoms with Crippen LogP contribution in [0.3, 0.4) is 0 Å². The zero-order chi connectivity index (χ0) is 13.6. The molecule has 1 nitrogen and oxygen atoms in total. The van der Waals surface area contributed by atoms with Crippen molar-refractivity contribution >= 4 is 11.6 Å². The molecule has 1 aliphatic carbocycles. The Hall–Kier alpha value is -0.530. The minimum absolute atomic E-state index is 0.405. The lowest BCUT2D eigenvalue weighted by Gasteiger charge is -2.19. The molecular weight excluding hydrogens is 242 g/mol. The van der Waals surface area contributed by atoms with E-state index in [1.165, 1.54) is 5.56 Å². The van der Waals surface area contributed by atoms with Crippen LogP contribution in [-0.4, -0.2) is 13.1 Å². The van der Waals surface area contributed by atoms with Gasteiger partial charge >= 0.3 is 0 Å². The molecule has 2 rings (SSSR count). The fraction of sp³-hybridized carbons (Fsp3) is 0.625. The Morgan fingerprint density at radius 2 is 1.72 bits per heavy atom. The summed E-state index contributed by atoms with van der Waals surface area (Å²) in [5.41, 5.74) is 2.06. The second-order valence-corrected chi connectivity index (χ2v) is 7.02. The third kappa shape index (κ3) is 2.08. The van der Waals surface area contributed by atoms with Gasteiger partial charge in [0, 0.05) is 11.1 Å². The molecule has 0 aliphatic heterocycles. The van der Waals surface area contributed by atoms with Crippen molar-refractivity contribution in [3.05, 3.63) is 34.9 Å². The molecule has 18 heavy (non-hydrogen) atoms. The second kappa shape index (κ2) is 4.54. The summed E-state index contributed by atoms with van der Waals surface area (Å²) < 4.78 is 0. The van der Waals surface area contributed by atoms with E-state index in [4.69, 9.17) is 11.6 Å². The molecule has 1 atom stereocenters. The topological polar surface area (TPSA) is 12.0 Å². The maximum Gasteiger partial charge on any atom is 0.0438 e. The van der Waals surface area contributed by atoms with Crippen LogP contribution >= 0.6 is 11.6 Å². The molecule has 0 bridgehead atoms.